The topological polar surface area (TPSA) is 32.3 Å². The summed E-state index contributed by atoms with van der Waals surface area (Å²) in [7, 11) is 0. The van der Waals surface area contributed by atoms with E-state index in [0.29, 0.717) is 0 Å². The predicted molar refractivity (Wildman–Crippen MR) is 64.5 cm³/mol. The maximum Gasteiger partial charge on any atom is 0.411 e. The molecule has 7 heteroatoms. The molecule has 2 aliphatic rings. The van der Waals surface area contributed by atoms with E-state index in [2.05, 4.69) is 5.32 Å². The number of hydrogen-bond donors (Lipinski definition) is 1. The smallest absolute Gasteiger partial charge is 0.307 e. The second-order valence-corrected chi connectivity index (χ2v) is 5.87. The Kier molecular flexibility index (Phi) is 2.69. The number of rotatable bonds is 2. The van der Waals surface area contributed by atoms with E-state index < -0.39 is 29.8 Å². The second-order valence-electron chi connectivity index (χ2n) is 5.09. The van der Waals surface area contributed by atoms with Gasteiger partial charge in [-0.3, -0.25) is 10.1 Å². The number of halogens is 3. The van der Waals surface area contributed by atoms with Crippen molar-refractivity contribution in [1.29, 1.82) is 0 Å². The van der Waals surface area contributed by atoms with Crippen LogP contribution in [0.1, 0.15) is 31.5 Å². The molecule has 1 N–H and O–H groups in total. The second kappa shape index (κ2) is 3.96. The van der Waals surface area contributed by atoms with Crippen LogP contribution in [0.15, 0.2) is 16.8 Å². The number of nitrogens with zero attached hydrogens (tertiary/aromatic N) is 1. The lowest BCUT2D eigenvalue weighted by Crippen LogP contribution is -2.50. The van der Waals surface area contributed by atoms with Crippen LogP contribution in [0.25, 0.3) is 0 Å². The summed E-state index contributed by atoms with van der Waals surface area (Å²) in [6, 6.07) is 1.18. The minimum absolute atomic E-state index is 0.00270. The molecule has 1 aliphatic carbocycles. The summed E-state index contributed by atoms with van der Waals surface area (Å²) < 4.78 is 39.7. The summed E-state index contributed by atoms with van der Waals surface area (Å²) >= 11 is 1.41. The SMILES string of the molecule is CC1NC(c2ccsc2)N(C2(C(F)(F)F)CC2)C1=O. The fourth-order valence-corrected chi connectivity index (χ4v) is 3.31. The van der Waals surface area contributed by atoms with Gasteiger partial charge in [-0.2, -0.15) is 24.5 Å². The lowest BCUT2D eigenvalue weighted by molar-refractivity contribution is -0.202. The molecule has 0 aromatic carbocycles. The van der Waals surface area contributed by atoms with Crippen molar-refractivity contribution < 1.29 is 18.0 Å². The molecule has 2 heterocycles. The summed E-state index contributed by atoms with van der Waals surface area (Å²) in [5, 5.41) is 6.54. The van der Waals surface area contributed by atoms with E-state index in [9.17, 15) is 18.0 Å². The number of alkyl halides is 3. The van der Waals surface area contributed by atoms with Gasteiger partial charge < -0.3 is 4.90 Å². The molecule has 1 aromatic rings. The summed E-state index contributed by atoms with van der Waals surface area (Å²) in [6.45, 7) is 1.61. The van der Waals surface area contributed by atoms with E-state index >= 15 is 0 Å². The molecule has 2 atom stereocenters. The summed E-state index contributed by atoms with van der Waals surface area (Å²) in [5.74, 6) is -0.467. The first-order valence-electron chi connectivity index (χ1n) is 6.05. The van der Waals surface area contributed by atoms with Crippen LogP contribution in [0.4, 0.5) is 13.2 Å². The van der Waals surface area contributed by atoms with Crippen LogP contribution in [0.2, 0.25) is 0 Å². The lowest BCUT2D eigenvalue weighted by Gasteiger charge is -2.34. The molecular weight excluding hydrogens is 277 g/mol. The first-order chi connectivity index (χ1) is 8.87. The fourth-order valence-electron chi connectivity index (χ4n) is 2.63. The van der Waals surface area contributed by atoms with Crippen LogP contribution in [0.3, 0.4) is 0 Å². The van der Waals surface area contributed by atoms with E-state index in [1.54, 1.807) is 23.8 Å². The molecule has 1 saturated heterocycles. The summed E-state index contributed by atoms with van der Waals surface area (Å²) in [5.41, 5.74) is -1.24. The highest BCUT2D eigenvalue weighted by Gasteiger charge is 2.70. The van der Waals surface area contributed by atoms with Crippen molar-refractivity contribution in [3.05, 3.63) is 22.4 Å². The molecule has 1 saturated carbocycles. The molecule has 2 fully saturated rings. The van der Waals surface area contributed by atoms with Crippen molar-refractivity contribution in [2.24, 2.45) is 0 Å². The highest BCUT2D eigenvalue weighted by Crippen LogP contribution is 2.56. The molecule has 1 aromatic heterocycles. The van der Waals surface area contributed by atoms with Gasteiger partial charge in [0.1, 0.15) is 11.7 Å². The molecule has 1 aliphatic heterocycles. The zero-order valence-corrected chi connectivity index (χ0v) is 11.0. The third kappa shape index (κ3) is 1.79. The highest BCUT2D eigenvalue weighted by molar-refractivity contribution is 7.07. The van der Waals surface area contributed by atoms with Gasteiger partial charge in [0.05, 0.1) is 6.04 Å². The lowest BCUT2D eigenvalue weighted by atomic mass is 10.1. The zero-order chi connectivity index (χ0) is 13.8. The van der Waals surface area contributed by atoms with Crippen molar-refractivity contribution in [3.63, 3.8) is 0 Å². The molecule has 19 heavy (non-hydrogen) atoms. The van der Waals surface area contributed by atoms with Crippen LogP contribution in [0, 0.1) is 0 Å². The Balaban J connectivity index is 2.00. The Morgan fingerprint density at radius 2 is 2.16 bits per heavy atom. The van der Waals surface area contributed by atoms with Crippen LogP contribution in [-0.4, -0.2) is 28.6 Å². The third-order valence-electron chi connectivity index (χ3n) is 3.85. The van der Waals surface area contributed by atoms with Gasteiger partial charge in [-0.1, -0.05) is 0 Å². The van der Waals surface area contributed by atoms with Gasteiger partial charge in [0.15, 0.2) is 0 Å². The standard InChI is InChI=1S/C12H13F3N2OS/c1-7-10(18)17(11(3-4-11)12(13,14)15)9(16-7)8-2-5-19-6-8/h2,5-7,9,16H,3-4H2,1H3. The number of nitrogens with one attached hydrogen (secondary N) is 1. The maximum atomic E-state index is 13.2. The molecule has 0 spiro atoms. The van der Waals surface area contributed by atoms with Crippen LogP contribution < -0.4 is 5.32 Å². The van der Waals surface area contributed by atoms with Crippen molar-refractivity contribution in [3.8, 4) is 0 Å². The monoisotopic (exact) mass is 290 g/mol. The number of carbonyl (C=O) groups excluding carboxylic acids is 1. The third-order valence-corrected chi connectivity index (χ3v) is 4.55. The molecule has 104 valence electrons. The van der Waals surface area contributed by atoms with Crippen molar-refractivity contribution in [2.75, 3.05) is 0 Å². The number of carbonyl (C=O) groups is 1. The molecule has 3 nitrogen and oxygen atoms in total. The Morgan fingerprint density at radius 3 is 2.63 bits per heavy atom. The minimum atomic E-state index is -4.37. The average molecular weight is 290 g/mol. The van der Waals surface area contributed by atoms with Gasteiger partial charge in [0.25, 0.3) is 0 Å². The molecular formula is C12H13F3N2OS. The van der Waals surface area contributed by atoms with E-state index in [1.807, 2.05) is 0 Å². The van der Waals surface area contributed by atoms with Gasteiger partial charge in [0, 0.05) is 0 Å². The quantitative estimate of drug-likeness (QED) is 0.908. The Hall–Kier alpha value is -1.08. The number of amides is 1. The van der Waals surface area contributed by atoms with Crippen molar-refractivity contribution >= 4 is 17.2 Å². The zero-order valence-electron chi connectivity index (χ0n) is 10.2. The first kappa shape index (κ1) is 12.9. The molecule has 0 radical (unpaired) electrons. The van der Waals surface area contributed by atoms with Gasteiger partial charge in [-0.15, -0.1) is 0 Å². The van der Waals surface area contributed by atoms with E-state index in [-0.39, 0.29) is 12.8 Å². The average Bonchev–Trinajstić information content (AvgIpc) is 2.84. The Bertz CT molecular complexity index is 496. The highest BCUT2D eigenvalue weighted by atomic mass is 32.1. The minimum Gasteiger partial charge on any atom is -0.307 e. The van der Waals surface area contributed by atoms with E-state index in [1.165, 1.54) is 11.3 Å². The molecule has 1 amide bonds. The fraction of sp³-hybridized carbons (Fsp3) is 0.583. The Labute approximate surface area is 112 Å². The molecule has 3 rings (SSSR count). The maximum absolute atomic E-state index is 13.2. The summed E-state index contributed by atoms with van der Waals surface area (Å²) in [6.07, 6.45) is -5.05. The molecule has 0 bridgehead atoms. The van der Waals surface area contributed by atoms with Gasteiger partial charge >= 0.3 is 6.18 Å². The first-order valence-corrected chi connectivity index (χ1v) is 6.99. The molecule has 2 unspecified atom stereocenters. The number of hydrogen-bond acceptors (Lipinski definition) is 3. The van der Waals surface area contributed by atoms with E-state index in [0.717, 1.165) is 10.5 Å². The van der Waals surface area contributed by atoms with Crippen molar-refractivity contribution in [2.45, 2.75) is 43.7 Å². The number of thiophene rings is 1. The van der Waals surface area contributed by atoms with Gasteiger partial charge in [0.2, 0.25) is 5.91 Å². The van der Waals surface area contributed by atoms with Crippen LogP contribution >= 0.6 is 11.3 Å². The van der Waals surface area contributed by atoms with E-state index in [4.69, 9.17) is 0 Å². The van der Waals surface area contributed by atoms with Crippen LogP contribution in [-0.2, 0) is 4.79 Å². The predicted octanol–water partition coefficient (Wildman–Crippen LogP) is 2.66. The Morgan fingerprint density at radius 1 is 1.47 bits per heavy atom. The summed E-state index contributed by atoms with van der Waals surface area (Å²) in [4.78, 5) is 13.1. The van der Waals surface area contributed by atoms with Crippen LogP contribution in [0.5, 0.6) is 0 Å². The normalized spacial score (nSPS) is 29.9. The van der Waals surface area contributed by atoms with Crippen molar-refractivity contribution in [1.82, 2.24) is 10.2 Å². The largest absolute Gasteiger partial charge is 0.411 e. The van der Waals surface area contributed by atoms with Gasteiger partial charge in [-0.25, -0.2) is 0 Å². The van der Waals surface area contributed by atoms with Gasteiger partial charge in [-0.05, 0) is 42.2 Å².